The van der Waals surface area contributed by atoms with Crippen molar-refractivity contribution in [3.63, 3.8) is 0 Å². The summed E-state index contributed by atoms with van der Waals surface area (Å²) in [6, 6.07) is 8.59. The molecule has 0 aliphatic rings. The first-order valence-electron chi connectivity index (χ1n) is 9.05. The molecule has 2 aromatic heterocycles. The lowest BCUT2D eigenvalue weighted by Crippen LogP contribution is -2.37. The second kappa shape index (κ2) is 9.32. The predicted octanol–water partition coefficient (Wildman–Crippen LogP) is 2.91. The molecule has 0 saturated heterocycles. The fourth-order valence-electron chi connectivity index (χ4n) is 2.82. The summed E-state index contributed by atoms with van der Waals surface area (Å²) in [5, 5.41) is 7.88. The molecule has 0 aliphatic carbocycles. The summed E-state index contributed by atoms with van der Waals surface area (Å²) in [6.45, 7) is 6.48. The quantitative estimate of drug-likeness (QED) is 0.487. The summed E-state index contributed by atoms with van der Waals surface area (Å²) >= 11 is 1.74. The van der Waals surface area contributed by atoms with Gasteiger partial charge in [-0.05, 0) is 25.0 Å². The summed E-state index contributed by atoms with van der Waals surface area (Å²) in [7, 11) is 1.79. The molecule has 2 heterocycles. The summed E-state index contributed by atoms with van der Waals surface area (Å²) in [5.41, 5.74) is 2.49. The molecule has 27 heavy (non-hydrogen) atoms. The number of rotatable bonds is 7. The predicted molar refractivity (Wildman–Crippen MR) is 111 cm³/mol. The van der Waals surface area contributed by atoms with E-state index in [1.807, 2.05) is 25.5 Å². The largest absolute Gasteiger partial charge is 0.356 e. The fraction of sp³-hybridized carbons (Fsp3) is 0.350. The maximum absolute atomic E-state index is 4.39. The van der Waals surface area contributed by atoms with Gasteiger partial charge in [-0.15, -0.1) is 11.3 Å². The van der Waals surface area contributed by atoms with E-state index in [1.165, 1.54) is 16.0 Å². The van der Waals surface area contributed by atoms with Gasteiger partial charge in [-0.2, -0.15) is 0 Å². The average molecular weight is 383 g/mol. The number of nitrogens with zero attached hydrogens (tertiary/aromatic N) is 4. The van der Waals surface area contributed by atoms with E-state index in [0.717, 1.165) is 42.8 Å². The number of guanidine groups is 1. The highest BCUT2D eigenvalue weighted by Crippen LogP contribution is 2.11. The summed E-state index contributed by atoms with van der Waals surface area (Å²) in [5.74, 6) is 1.83. The minimum Gasteiger partial charge on any atom is -0.356 e. The number of aromatic nitrogens is 3. The van der Waals surface area contributed by atoms with Crippen molar-refractivity contribution in [3.05, 3.63) is 69.7 Å². The van der Waals surface area contributed by atoms with E-state index in [1.54, 1.807) is 18.4 Å². The summed E-state index contributed by atoms with van der Waals surface area (Å²) in [4.78, 5) is 14.2. The van der Waals surface area contributed by atoms with Crippen molar-refractivity contribution in [2.75, 3.05) is 13.6 Å². The van der Waals surface area contributed by atoms with Crippen LogP contribution in [-0.4, -0.2) is 34.1 Å². The molecule has 2 N–H and O–H groups in total. The Bertz CT molecular complexity index is 895. The number of imidazole rings is 1. The molecule has 0 fully saturated rings. The average Bonchev–Trinajstić information content (AvgIpc) is 3.26. The van der Waals surface area contributed by atoms with Crippen molar-refractivity contribution in [2.24, 2.45) is 4.99 Å². The molecule has 3 aromatic rings. The maximum atomic E-state index is 4.39. The molecule has 0 saturated carbocycles. The van der Waals surface area contributed by atoms with Crippen LogP contribution >= 0.6 is 11.3 Å². The number of aryl methyl sites for hydroxylation is 2. The van der Waals surface area contributed by atoms with E-state index in [9.17, 15) is 0 Å². The normalized spacial score (nSPS) is 11.6. The lowest BCUT2D eigenvalue weighted by atomic mass is 10.1. The van der Waals surface area contributed by atoms with Crippen LogP contribution in [0.2, 0.25) is 0 Å². The lowest BCUT2D eigenvalue weighted by molar-refractivity contribution is 0.757. The SMILES string of the molecule is CN=C(NCCc1ncc(C)s1)NCc1cccc(Cn2ccnc2C)c1. The monoisotopic (exact) mass is 382 g/mol. The maximum Gasteiger partial charge on any atom is 0.191 e. The first-order valence-corrected chi connectivity index (χ1v) is 9.87. The molecule has 7 heteroatoms. The van der Waals surface area contributed by atoms with Crippen LogP contribution in [0.1, 0.15) is 26.8 Å². The number of aliphatic imine (C=N–C) groups is 1. The summed E-state index contributed by atoms with van der Waals surface area (Å²) < 4.78 is 2.15. The minimum atomic E-state index is 0.729. The third-order valence-corrected chi connectivity index (χ3v) is 5.22. The molecule has 0 aliphatic heterocycles. The zero-order chi connectivity index (χ0) is 19.1. The minimum absolute atomic E-state index is 0.729. The van der Waals surface area contributed by atoms with Gasteiger partial charge in [0.1, 0.15) is 5.82 Å². The molecule has 6 nitrogen and oxygen atoms in total. The standard InChI is InChI=1S/C20H26N6S/c1-15-12-24-19(27-15)7-8-23-20(21-3)25-13-17-5-4-6-18(11-17)14-26-10-9-22-16(26)2/h4-6,9-12H,7-8,13-14H2,1-3H3,(H2,21,23,25). The Morgan fingerprint density at radius 2 is 2.04 bits per heavy atom. The zero-order valence-corrected chi connectivity index (χ0v) is 16.9. The van der Waals surface area contributed by atoms with Crippen LogP contribution in [0.4, 0.5) is 0 Å². The van der Waals surface area contributed by atoms with Crippen LogP contribution < -0.4 is 10.6 Å². The van der Waals surface area contributed by atoms with Crippen LogP contribution in [0.3, 0.4) is 0 Å². The molecule has 142 valence electrons. The Hall–Kier alpha value is -2.67. The van der Waals surface area contributed by atoms with Crippen molar-refractivity contribution < 1.29 is 0 Å². The highest BCUT2D eigenvalue weighted by atomic mass is 32.1. The van der Waals surface area contributed by atoms with Crippen LogP contribution in [0.5, 0.6) is 0 Å². The van der Waals surface area contributed by atoms with Gasteiger partial charge in [-0.3, -0.25) is 4.99 Å². The number of nitrogens with one attached hydrogen (secondary N) is 2. The van der Waals surface area contributed by atoms with Gasteiger partial charge in [0.05, 0.1) is 5.01 Å². The van der Waals surface area contributed by atoms with Gasteiger partial charge in [0.15, 0.2) is 5.96 Å². The van der Waals surface area contributed by atoms with Gasteiger partial charge in [-0.1, -0.05) is 24.3 Å². The van der Waals surface area contributed by atoms with Crippen LogP contribution in [-0.2, 0) is 19.5 Å². The molecule has 0 unspecified atom stereocenters. The second-order valence-corrected chi connectivity index (χ2v) is 7.71. The fourth-order valence-corrected chi connectivity index (χ4v) is 3.60. The van der Waals surface area contributed by atoms with Gasteiger partial charge in [0.2, 0.25) is 0 Å². The molecule has 0 spiro atoms. The Labute approximate surface area is 164 Å². The van der Waals surface area contributed by atoms with Gasteiger partial charge < -0.3 is 15.2 Å². The topological polar surface area (TPSA) is 67.1 Å². The highest BCUT2D eigenvalue weighted by molar-refractivity contribution is 7.11. The molecule has 1 aromatic carbocycles. The van der Waals surface area contributed by atoms with E-state index in [0.29, 0.717) is 0 Å². The van der Waals surface area contributed by atoms with Crippen molar-refractivity contribution in [1.29, 1.82) is 0 Å². The number of benzene rings is 1. The number of hydrogen-bond acceptors (Lipinski definition) is 4. The van der Waals surface area contributed by atoms with Gasteiger partial charge >= 0.3 is 0 Å². The van der Waals surface area contributed by atoms with E-state index in [2.05, 4.69) is 61.4 Å². The summed E-state index contributed by atoms with van der Waals surface area (Å²) in [6.07, 6.45) is 6.67. The van der Waals surface area contributed by atoms with E-state index in [4.69, 9.17) is 0 Å². The third-order valence-electron chi connectivity index (χ3n) is 4.25. The van der Waals surface area contributed by atoms with Gasteiger partial charge in [0.25, 0.3) is 0 Å². The molecule has 0 bridgehead atoms. The first-order chi connectivity index (χ1) is 13.1. The Morgan fingerprint density at radius 1 is 1.19 bits per heavy atom. The molecular weight excluding hydrogens is 356 g/mol. The zero-order valence-electron chi connectivity index (χ0n) is 16.1. The van der Waals surface area contributed by atoms with Crippen LogP contribution in [0.25, 0.3) is 0 Å². The third kappa shape index (κ3) is 5.65. The molecule has 0 atom stereocenters. The van der Waals surface area contributed by atoms with E-state index >= 15 is 0 Å². The van der Waals surface area contributed by atoms with Crippen molar-refractivity contribution in [2.45, 2.75) is 33.4 Å². The van der Waals surface area contributed by atoms with Crippen LogP contribution in [0.15, 0.2) is 47.8 Å². The Morgan fingerprint density at radius 3 is 2.74 bits per heavy atom. The van der Waals surface area contributed by atoms with Gasteiger partial charge in [-0.25, -0.2) is 9.97 Å². The highest BCUT2D eigenvalue weighted by Gasteiger charge is 2.03. The number of thiazole rings is 1. The molecule has 0 radical (unpaired) electrons. The number of hydrogen-bond donors (Lipinski definition) is 2. The smallest absolute Gasteiger partial charge is 0.191 e. The second-order valence-electron chi connectivity index (χ2n) is 6.39. The van der Waals surface area contributed by atoms with E-state index in [-0.39, 0.29) is 0 Å². The van der Waals surface area contributed by atoms with E-state index < -0.39 is 0 Å². The van der Waals surface area contributed by atoms with Gasteiger partial charge in [0, 0.05) is 56.6 Å². The van der Waals surface area contributed by atoms with Crippen molar-refractivity contribution in [1.82, 2.24) is 25.2 Å². The lowest BCUT2D eigenvalue weighted by Gasteiger charge is -2.12. The Balaban J connectivity index is 1.49. The first kappa shape index (κ1) is 19.1. The molecular formula is C20H26N6S. The van der Waals surface area contributed by atoms with Crippen molar-refractivity contribution in [3.8, 4) is 0 Å². The van der Waals surface area contributed by atoms with Crippen LogP contribution in [0, 0.1) is 13.8 Å². The molecule has 3 rings (SSSR count). The molecule has 0 amide bonds. The van der Waals surface area contributed by atoms with Crippen molar-refractivity contribution >= 4 is 17.3 Å². The Kier molecular flexibility index (Phi) is 6.59.